The van der Waals surface area contributed by atoms with Gasteiger partial charge in [0.1, 0.15) is 5.75 Å². The van der Waals surface area contributed by atoms with Crippen molar-refractivity contribution < 1.29 is 9.47 Å². The van der Waals surface area contributed by atoms with Crippen LogP contribution in [0, 0.1) is 0 Å². The van der Waals surface area contributed by atoms with Gasteiger partial charge in [0.2, 0.25) is 0 Å². The van der Waals surface area contributed by atoms with Crippen LogP contribution in [-0.4, -0.2) is 20.8 Å². The number of nitrogens with one attached hydrogen (secondary N) is 1. The summed E-state index contributed by atoms with van der Waals surface area (Å²) in [5.74, 6) is 0.890. The lowest BCUT2D eigenvalue weighted by atomic mass is 10.0. The summed E-state index contributed by atoms with van der Waals surface area (Å²) in [6, 6.07) is 6.65. The molecule has 0 aliphatic heterocycles. The molecule has 0 radical (unpaired) electrons. The summed E-state index contributed by atoms with van der Waals surface area (Å²) in [6.45, 7) is 6.03. The van der Waals surface area contributed by atoms with Crippen molar-refractivity contribution in [2.75, 3.05) is 20.8 Å². The number of benzene rings is 1. The van der Waals surface area contributed by atoms with Gasteiger partial charge in [-0.1, -0.05) is 19.4 Å². The van der Waals surface area contributed by atoms with Gasteiger partial charge in [-0.2, -0.15) is 0 Å². The molecule has 0 spiro atoms. The molecule has 1 atom stereocenters. The average molecular weight is 251 g/mol. The molecule has 1 unspecified atom stereocenters. The van der Waals surface area contributed by atoms with Gasteiger partial charge in [-0.3, -0.25) is 0 Å². The van der Waals surface area contributed by atoms with Crippen molar-refractivity contribution in [1.82, 2.24) is 5.32 Å². The van der Waals surface area contributed by atoms with Crippen molar-refractivity contribution in [2.45, 2.75) is 39.3 Å². The van der Waals surface area contributed by atoms with Gasteiger partial charge < -0.3 is 14.8 Å². The third kappa shape index (κ3) is 4.31. The van der Waals surface area contributed by atoms with Crippen LogP contribution in [0.1, 0.15) is 43.9 Å². The molecule has 0 heterocycles. The Morgan fingerprint density at radius 1 is 1.28 bits per heavy atom. The SMILES string of the molecule is CCCCNC(C)c1ccc(OC)c(COC)c1. The zero-order chi connectivity index (χ0) is 13.4. The first kappa shape index (κ1) is 15.0. The first-order valence-corrected chi connectivity index (χ1v) is 6.62. The van der Waals surface area contributed by atoms with E-state index in [0.717, 1.165) is 17.9 Å². The van der Waals surface area contributed by atoms with E-state index in [1.807, 2.05) is 6.07 Å². The van der Waals surface area contributed by atoms with Crippen molar-refractivity contribution in [3.63, 3.8) is 0 Å². The first-order chi connectivity index (χ1) is 8.72. The summed E-state index contributed by atoms with van der Waals surface area (Å²) in [6.07, 6.45) is 2.43. The van der Waals surface area contributed by atoms with E-state index < -0.39 is 0 Å². The molecule has 1 rings (SSSR count). The van der Waals surface area contributed by atoms with Gasteiger partial charge in [0.15, 0.2) is 0 Å². The van der Waals surface area contributed by atoms with Crippen LogP contribution in [0.25, 0.3) is 0 Å². The molecule has 1 aromatic carbocycles. The van der Waals surface area contributed by atoms with E-state index in [9.17, 15) is 0 Å². The smallest absolute Gasteiger partial charge is 0.124 e. The maximum absolute atomic E-state index is 5.33. The fourth-order valence-corrected chi connectivity index (χ4v) is 1.95. The molecule has 0 saturated heterocycles. The van der Waals surface area contributed by atoms with Crippen molar-refractivity contribution >= 4 is 0 Å². The lowest BCUT2D eigenvalue weighted by Crippen LogP contribution is -2.19. The van der Waals surface area contributed by atoms with E-state index in [2.05, 4.69) is 31.3 Å². The Bertz CT molecular complexity index is 352. The molecule has 0 aliphatic rings. The van der Waals surface area contributed by atoms with Crippen LogP contribution in [0.2, 0.25) is 0 Å². The third-order valence-corrected chi connectivity index (χ3v) is 3.09. The Balaban J connectivity index is 2.73. The predicted molar refractivity (Wildman–Crippen MR) is 75.0 cm³/mol. The van der Waals surface area contributed by atoms with E-state index in [1.54, 1.807) is 14.2 Å². The van der Waals surface area contributed by atoms with Gasteiger partial charge >= 0.3 is 0 Å². The van der Waals surface area contributed by atoms with Crippen LogP contribution in [0.3, 0.4) is 0 Å². The lowest BCUT2D eigenvalue weighted by Gasteiger charge is -2.16. The van der Waals surface area contributed by atoms with Gasteiger partial charge in [-0.25, -0.2) is 0 Å². The molecular weight excluding hydrogens is 226 g/mol. The van der Waals surface area contributed by atoms with Crippen molar-refractivity contribution in [1.29, 1.82) is 0 Å². The zero-order valence-corrected chi connectivity index (χ0v) is 12.0. The van der Waals surface area contributed by atoms with Crippen molar-refractivity contribution in [3.8, 4) is 5.75 Å². The molecule has 1 aromatic rings. The Morgan fingerprint density at radius 3 is 2.67 bits per heavy atom. The third-order valence-electron chi connectivity index (χ3n) is 3.09. The molecule has 0 amide bonds. The van der Waals surface area contributed by atoms with Gasteiger partial charge in [0, 0.05) is 18.7 Å². The molecule has 0 fully saturated rings. The second kappa shape index (κ2) is 8.11. The largest absolute Gasteiger partial charge is 0.496 e. The second-order valence-corrected chi connectivity index (χ2v) is 4.53. The van der Waals surface area contributed by atoms with Gasteiger partial charge in [-0.05, 0) is 37.6 Å². The fourth-order valence-electron chi connectivity index (χ4n) is 1.95. The zero-order valence-electron chi connectivity index (χ0n) is 12.0. The normalized spacial score (nSPS) is 12.4. The highest BCUT2D eigenvalue weighted by Crippen LogP contribution is 2.24. The molecular formula is C15H25NO2. The Hall–Kier alpha value is -1.06. The first-order valence-electron chi connectivity index (χ1n) is 6.62. The molecule has 0 saturated carbocycles. The van der Waals surface area contributed by atoms with Crippen molar-refractivity contribution in [3.05, 3.63) is 29.3 Å². The quantitative estimate of drug-likeness (QED) is 0.719. The molecule has 0 bridgehead atoms. The van der Waals surface area contributed by atoms with E-state index in [-0.39, 0.29) is 0 Å². The van der Waals surface area contributed by atoms with Crippen LogP contribution in [-0.2, 0) is 11.3 Å². The summed E-state index contributed by atoms with van der Waals surface area (Å²) in [4.78, 5) is 0. The number of methoxy groups -OCH3 is 2. The van der Waals surface area contributed by atoms with E-state index >= 15 is 0 Å². The summed E-state index contributed by atoms with van der Waals surface area (Å²) >= 11 is 0. The van der Waals surface area contributed by atoms with Crippen molar-refractivity contribution in [2.24, 2.45) is 0 Å². The average Bonchev–Trinajstić information content (AvgIpc) is 2.39. The topological polar surface area (TPSA) is 30.5 Å². The maximum atomic E-state index is 5.33. The molecule has 18 heavy (non-hydrogen) atoms. The van der Waals surface area contributed by atoms with Crippen LogP contribution in [0.5, 0.6) is 5.75 Å². The van der Waals surface area contributed by atoms with Gasteiger partial charge in [0.25, 0.3) is 0 Å². The number of ether oxygens (including phenoxy) is 2. The standard InChI is InChI=1S/C15H25NO2/c1-5-6-9-16-12(2)13-7-8-15(18-4)14(10-13)11-17-3/h7-8,10,12,16H,5-6,9,11H2,1-4H3. The summed E-state index contributed by atoms with van der Waals surface area (Å²) < 4.78 is 10.5. The Morgan fingerprint density at radius 2 is 2.06 bits per heavy atom. The molecule has 102 valence electrons. The number of rotatable bonds is 8. The highest BCUT2D eigenvalue weighted by Gasteiger charge is 2.09. The van der Waals surface area contributed by atoms with Crippen LogP contribution >= 0.6 is 0 Å². The van der Waals surface area contributed by atoms with E-state index in [1.165, 1.54) is 18.4 Å². The molecule has 3 nitrogen and oxygen atoms in total. The van der Waals surface area contributed by atoms with Crippen LogP contribution in [0.4, 0.5) is 0 Å². The summed E-state index contributed by atoms with van der Waals surface area (Å²) in [5.41, 5.74) is 2.38. The summed E-state index contributed by atoms with van der Waals surface area (Å²) in [7, 11) is 3.39. The van der Waals surface area contributed by atoms with Crippen LogP contribution in [0.15, 0.2) is 18.2 Å². The van der Waals surface area contributed by atoms with Crippen LogP contribution < -0.4 is 10.1 Å². The summed E-state index contributed by atoms with van der Waals surface area (Å²) in [5, 5.41) is 3.52. The highest BCUT2D eigenvalue weighted by molar-refractivity contribution is 5.38. The highest BCUT2D eigenvalue weighted by atomic mass is 16.5. The minimum atomic E-state index is 0.359. The van der Waals surface area contributed by atoms with Gasteiger partial charge in [0.05, 0.1) is 13.7 Å². The van der Waals surface area contributed by atoms with E-state index in [0.29, 0.717) is 12.6 Å². The maximum Gasteiger partial charge on any atom is 0.124 e. The molecule has 3 heteroatoms. The minimum absolute atomic E-state index is 0.359. The number of hydrogen-bond donors (Lipinski definition) is 1. The Labute approximate surface area is 110 Å². The molecule has 1 N–H and O–H groups in total. The fraction of sp³-hybridized carbons (Fsp3) is 0.600. The van der Waals surface area contributed by atoms with Gasteiger partial charge in [-0.15, -0.1) is 0 Å². The van der Waals surface area contributed by atoms with E-state index in [4.69, 9.17) is 9.47 Å². The molecule has 0 aliphatic carbocycles. The number of hydrogen-bond acceptors (Lipinski definition) is 3. The predicted octanol–water partition coefficient (Wildman–Crippen LogP) is 3.29. The Kier molecular flexibility index (Phi) is 6.76. The number of unbranched alkanes of at least 4 members (excludes halogenated alkanes) is 1. The minimum Gasteiger partial charge on any atom is -0.496 e. The molecule has 0 aromatic heterocycles. The monoisotopic (exact) mass is 251 g/mol. The second-order valence-electron chi connectivity index (χ2n) is 4.53. The lowest BCUT2D eigenvalue weighted by molar-refractivity contribution is 0.181.